The van der Waals surface area contributed by atoms with E-state index < -0.39 is 0 Å². The van der Waals surface area contributed by atoms with Crippen LogP contribution in [0.2, 0.25) is 0 Å². The highest BCUT2D eigenvalue weighted by Crippen LogP contribution is 2.22. The monoisotopic (exact) mass is 137 g/mol. The van der Waals surface area contributed by atoms with Crippen LogP contribution in [0.25, 0.3) is 0 Å². The van der Waals surface area contributed by atoms with Crippen LogP contribution in [0.4, 0.5) is 0 Å². The van der Waals surface area contributed by atoms with Crippen LogP contribution in [0.1, 0.15) is 25.7 Å². The van der Waals surface area contributed by atoms with Gasteiger partial charge in [0, 0.05) is 6.08 Å². The van der Waals surface area contributed by atoms with E-state index in [9.17, 15) is 0 Å². The molecule has 1 saturated carbocycles. The third-order valence-corrected chi connectivity index (χ3v) is 2.29. The molecule has 2 rings (SSSR count). The molecule has 0 bridgehead atoms. The maximum absolute atomic E-state index is 3.25. The summed E-state index contributed by atoms with van der Waals surface area (Å²) >= 11 is 0. The van der Waals surface area contributed by atoms with Gasteiger partial charge in [0.1, 0.15) is 6.04 Å². The van der Waals surface area contributed by atoms with Gasteiger partial charge in [-0.3, -0.25) is 0 Å². The summed E-state index contributed by atoms with van der Waals surface area (Å²) in [4.78, 5) is 0. The predicted octanol–water partition coefficient (Wildman–Crippen LogP) is -0.475. The summed E-state index contributed by atoms with van der Waals surface area (Å²) in [7, 11) is 0. The number of hydrogen-bond donors (Lipinski definition) is 2. The Balaban J connectivity index is 2.14. The second kappa shape index (κ2) is 2.45. The topological polar surface area (TPSA) is 26.0 Å². The van der Waals surface area contributed by atoms with Gasteiger partial charge in [-0.2, -0.15) is 5.43 Å². The summed E-state index contributed by atoms with van der Waals surface area (Å²) < 4.78 is 0. The van der Waals surface area contributed by atoms with E-state index in [0.717, 1.165) is 0 Å². The first-order chi connectivity index (χ1) is 4.97. The van der Waals surface area contributed by atoms with Crippen molar-refractivity contribution < 1.29 is 5.10 Å². The third kappa shape index (κ3) is 0.939. The molecule has 1 heterocycles. The number of hydrazone groups is 1. The molecule has 0 spiro atoms. The van der Waals surface area contributed by atoms with Gasteiger partial charge in [-0.15, -0.1) is 5.10 Å². The lowest BCUT2D eigenvalue weighted by Crippen LogP contribution is -2.83. The van der Waals surface area contributed by atoms with E-state index in [4.69, 9.17) is 0 Å². The van der Waals surface area contributed by atoms with Crippen molar-refractivity contribution in [3.8, 4) is 0 Å². The van der Waals surface area contributed by atoms with Crippen molar-refractivity contribution in [1.29, 1.82) is 0 Å². The maximum Gasteiger partial charge on any atom is 0.190 e. The number of hydrazine groups is 1. The van der Waals surface area contributed by atoms with Gasteiger partial charge in [0.05, 0.1) is 0 Å². The van der Waals surface area contributed by atoms with E-state index in [0.29, 0.717) is 6.04 Å². The van der Waals surface area contributed by atoms with Crippen LogP contribution in [0.3, 0.4) is 0 Å². The lowest BCUT2D eigenvalue weighted by molar-refractivity contribution is -0.528. The van der Waals surface area contributed by atoms with Crippen molar-refractivity contribution in [2.75, 3.05) is 0 Å². The lowest BCUT2D eigenvalue weighted by Gasteiger charge is -2.23. The lowest BCUT2D eigenvalue weighted by atomic mass is 9.90. The summed E-state index contributed by atoms with van der Waals surface area (Å²) in [5, 5.41) is 3.03. The highest BCUT2D eigenvalue weighted by atomic mass is 15.3. The van der Waals surface area contributed by atoms with E-state index in [2.05, 4.69) is 16.6 Å². The minimum atomic E-state index is 0.624. The Morgan fingerprint density at radius 3 is 3.40 bits per heavy atom. The molecule has 1 aliphatic carbocycles. The molecular formula is C8H13N2+. The number of fused-ring (bicyclic) bond motifs is 1. The van der Waals surface area contributed by atoms with Crippen LogP contribution >= 0.6 is 0 Å². The van der Waals surface area contributed by atoms with E-state index in [-0.39, 0.29) is 0 Å². The van der Waals surface area contributed by atoms with Crippen LogP contribution < -0.4 is 10.5 Å². The molecule has 0 aromatic rings. The number of nitrogens with one attached hydrogen (secondary N) is 2. The fraction of sp³-hybridized carbons (Fsp3) is 0.625. The van der Waals surface area contributed by atoms with Crippen molar-refractivity contribution in [3.63, 3.8) is 0 Å². The van der Waals surface area contributed by atoms with Crippen LogP contribution in [-0.4, -0.2) is 12.3 Å². The summed E-state index contributed by atoms with van der Waals surface area (Å²) in [6.07, 6.45) is 9.52. The first-order valence-electron chi connectivity index (χ1n) is 4.00. The molecule has 0 amide bonds. The zero-order chi connectivity index (χ0) is 6.81. The Morgan fingerprint density at radius 1 is 1.50 bits per heavy atom. The summed E-state index contributed by atoms with van der Waals surface area (Å²) in [6, 6.07) is 0.624. The highest BCUT2D eigenvalue weighted by Gasteiger charge is 2.21. The van der Waals surface area contributed by atoms with Crippen molar-refractivity contribution in [3.05, 3.63) is 11.6 Å². The van der Waals surface area contributed by atoms with Gasteiger partial charge in [0.2, 0.25) is 0 Å². The molecule has 1 aliphatic heterocycles. The molecule has 2 nitrogen and oxygen atoms in total. The largest absolute Gasteiger partial charge is 0.193 e. The Bertz CT molecular complexity index is 182. The molecule has 2 aliphatic rings. The quantitative estimate of drug-likeness (QED) is 0.463. The van der Waals surface area contributed by atoms with Crippen LogP contribution in [-0.2, 0) is 0 Å². The van der Waals surface area contributed by atoms with Crippen molar-refractivity contribution in [2.24, 2.45) is 0 Å². The second-order valence-electron chi connectivity index (χ2n) is 3.00. The van der Waals surface area contributed by atoms with Crippen LogP contribution in [0.5, 0.6) is 0 Å². The Morgan fingerprint density at radius 2 is 2.50 bits per heavy atom. The first-order valence-corrected chi connectivity index (χ1v) is 4.00. The van der Waals surface area contributed by atoms with Crippen LogP contribution in [0, 0.1) is 0 Å². The molecule has 54 valence electrons. The number of allylic oxidation sites excluding steroid dienone is 1. The minimum Gasteiger partial charge on any atom is -0.193 e. The van der Waals surface area contributed by atoms with Crippen molar-refractivity contribution in [2.45, 2.75) is 31.7 Å². The summed E-state index contributed by atoms with van der Waals surface area (Å²) in [5.41, 5.74) is 4.82. The van der Waals surface area contributed by atoms with E-state index >= 15 is 0 Å². The Labute approximate surface area is 61.0 Å². The predicted molar refractivity (Wildman–Crippen MR) is 40.5 cm³/mol. The highest BCUT2D eigenvalue weighted by molar-refractivity contribution is 5.67. The average molecular weight is 137 g/mol. The number of rotatable bonds is 0. The SMILES string of the molecule is C1=[NH+]NC2CCCCC2=C1. The normalized spacial score (nSPS) is 30.4. The van der Waals surface area contributed by atoms with Gasteiger partial charge in [0.25, 0.3) is 0 Å². The second-order valence-corrected chi connectivity index (χ2v) is 3.00. The van der Waals surface area contributed by atoms with Gasteiger partial charge < -0.3 is 0 Å². The molecule has 0 aromatic heterocycles. The molecule has 1 unspecified atom stereocenters. The third-order valence-electron chi connectivity index (χ3n) is 2.29. The minimum absolute atomic E-state index is 0.624. The molecule has 2 heteroatoms. The molecule has 0 radical (unpaired) electrons. The smallest absolute Gasteiger partial charge is 0.190 e. The zero-order valence-corrected chi connectivity index (χ0v) is 6.06. The van der Waals surface area contributed by atoms with Gasteiger partial charge in [-0.25, -0.2) is 0 Å². The van der Waals surface area contributed by atoms with Crippen LogP contribution in [0.15, 0.2) is 11.6 Å². The van der Waals surface area contributed by atoms with Crippen molar-refractivity contribution >= 4 is 6.21 Å². The maximum atomic E-state index is 3.25. The first kappa shape index (κ1) is 5.96. The summed E-state index contributed by atoms with van der Waals surface area (Å²) in [5.74, 6) is 0. The van der Waals surface area contributed by atoms with E-state index in [1.165, 1.54) is 25.7 Å². The standard InChI is InChI=1S/C8H12N2/c1-2-4-8-7(3-1)5-6-9-10-8/h5-6,8,10H,1-4H2/p+1. The Kier molecular flexibility index (Phi) is 1.46. The molecular weight excluding hydrogens is 124 g/mol. The molecule has 1 fully saturated rings. The van der Waals surface area contributed by atoms with Gasteiger partial charge in [-0.1, -0.05) is 6.42 Å². The van der Waals surface area contributed by atoms with Crippen molar-refractivity contribution in [1.82, 2.24) is 5.43 Å². The summed E-state index contributed by atoms with van der Waals surface area (Å²) in [6.45, 7) is 0. The average Bonchev–Trinajstić information content (AvgIpc) is 2.05. The molecule has 0 aromatic carbocycles. The molecule has 1 atom stereocenters. The van der Waals surface area contributed by atoms with Gasteiger partial charge in [-0.05, 0) is 24.8 Å². The zero-order valence-electron chi connectivity index (χ0n) is 6.06. The molecule has 10 heavy (non-hydrogen) atoms. The van der Waals surface area contributed by atoms with E-state index in [1.807, 2.05) is 6.21 Å². The Hall–Kier alpha value is -0.790. The fourth-order valence-corrected chi connectivity index (χ4v) is 1.70. The number of hydrogen-bond acceptors (Lipinski definition) is 1. The molecule has 0 saturated heterocycles. The van der Waals surface area contributed by atoms with E-state index in [1.54, 1.807) is 5.57 Å². The van der Waals surface area contributed by atoms with Gasteiger partial charge in [0.15, 0.2) is 6.21 Å². The fourth-order valence-electron chi connectivity index (χ4n) is 1.70. The van der Waals surface area contributed by atoms with Gasteiger partial charge >= 0.3 is 0 Å². The molecule has 2 N–H and O–H groups in total.